The molecule has 0 spiro atoms. The van der Waals surface area contributed by atoms with Gasteiger partial charge < -0.3 is 5.32 Å². The SMILES string of the molecule is Cc1cc(C(C)Nc2cccc(C(F)(F)F)n2)c(C)s1. The van der Waals surface area contributed by atoms with Gasteiger partial charge in [-0.2, -0.15) is 13.2 Å². The number of aryl methyl sites for hydroxylation is 2. The first-order valence-electron chi connectivity index (χ1n) is 6.15. The molecule has 1 unspecified atom stereocenters. The summed E-state index contributed by atoms with van der Waals surface area (Å²) in [6.07, 6.45) is -4.42. The molecule has 0 aromatic carbocycles. The molecule has 2 rings (SSSR count). The molecule has 1 N–H and O–H groups in total. The van der Waals surface area contributed by atoms with E-state index in [0.29, 0.717) is 0 Å². The number of pyridine rings is 1. The second-order valence-electron chi connectivity index (χ2n) is 4.64. The third-order valence-corrected chi connectivity index (χ3v) is 3.93. The average molecular weight is 300 g/mol. The van der Waals surface area contributed by atoms with Gasteiger partial charge in [0.1, 0.15) is 11.5 Å². The Morgan fingerprint density at radius 2 is 1.95 bits per heavy atom. The van der Waals surface area contributed by atoms with Gasteiger partial charge >= 0.3 is 6.18 Å². The zero-order valence-corrected chi connectivity index (χ0v) is 12.2. The van der Waals surface area contributed by atoms with E-state index in [4.69, 9.17) is 0 Å². The van der Waals surface area contributed by atoms with Crippen LogP contribution in [0.3, 0.4) is 0 Å². The van der Waals surface area contributed by atoms with Gasteiger partial charge in [-0.15, -0.1) is 11.3 Å². The maximum absolute atomic E-state index is 12.6. The molecule has 0 fully saturated rings. The molecular formula is C14H15F3N2S. The van der Waals surface area contributed by atoms with Gasteiger partial charge in [-0.05, 0) is 44.5 Å². The van der Waals surface area contributed by atoms with E-state index in [1.165, 1.54) is 10.9 Å². The fourth-order valence-electron chi connectivity index (χ4n) is 2.05. The molecule has 2 nitrogen and oxygen atoms in total. The largest absolute Gasteiger partial charge is 0.433 e. The van der Waals surface area contributed by atoms with Crippen LogP contribution in [0.5, 0.6) is 0 Å². The molecule has 0 radical (unpaired) electrons. The van der Waals surface area contributed by atoms with Gasteiger partial charge in [0.05, 0.1) is 6.04 Å². The van der Waals surface area contributed by atoms with E-state index in [1.807, 2.05) is 26.8 Å². The van der Waals surface area contributed by atoms with E-state index in [0.717, 1.165) is 16.5 Å². The number of halogens is 3. The Morgan fingerprint density at radius 1 is 1.25 bits per heavy atom. The maximum atomic E-state index is 12.6. The van der Waals surface area contributed by atoms with Crippen molar-refractivity contribution in [3.63, 3.8) is 0 Å². The van der Waals surface area contributed by atoms with Gasteiger partial charge in [0, 0.05) is 9.75 Å². The summed E-state index contributed by atoms with van der Waals surface area (Å²) in [5.74, 6) is 0.232. The number of anilines is 1. The highest BCUT2D eigenvalue weighted by atomic mass is 32.1. The van der Waals surface area contributed by atoms with E-state index in [2.05, 4.69) is 10.3 Å². The van der Waals surface area contributed by atoms with Gasteiger partial charge in [-0.1, -0.05) is 6.07 Å². The van der Waals surface area contributed by atoms with Gasteiger partial charge in [-0.3, -0.25) is 0 Å². The lowest BCUT2D eigenvalue weighted by atomic mass is 10.1. The van der Waals surface area contributed by atoms with Crippen molar-refractivity contribution in [1.29, 1.82) is 0 Å². The Kier molecular flexibility index (Phi) is 4.04. The van der Waals surface area contributed by atoms with Gasteiger partial charge in [0.2, 0.25) is 0 Å². The Balaban J connectivity index is 2.20. The summed E-state index contributed by atoms with van der Waals surface area (Å²) >= 11 is 1.68. The highest BCUT2D eigenvalue weighted by Crippen LogP contribution is 2.30. The molecule has 0 saturated carbocycles. The highest BCUT2D eigenvalue weighted by Gasteiger charge is 2.32. The number of hydrogen-bond donors (Lipinski definition) is 1. The van der Waals surface area contributed by atoms with E-state index >= 15 is 0 Å². The molecular weight excluding hydrogens is 285 g/mol. The molecule has 0 aliphatic carbocycles. The number of nitrogens with zero attached hydrogens (tertiary/aromatic N) is 1. The molecule has 6 heteroatoms. The first-order valence-corrected chi connectivity index (χ1v) is 6.96. The predicted octanol–water partition coefficient (Wildman–Crippen LogP) is 4.95. The normalized spacial score (nSPS) is 13.3. The Labute approximate surface area is 119 Å². The number of thiophene rings is 1. The molecule has 108 valence electrons. The number of rotatable bonds is 3. The van der Waals surface area contributed by atoms with Crippen molar-refractivity contribution < 1.29 is 13.2 Å². The summed E-state index contributed by atoms with van der Waals surface area (Å²) in [7, 11) is 0. The maximum Gasteiger partial charge on any atom is 0.433 e. The van der Waals surface area contributed by atoms with Crippen molar-refractivity contribution >= 4 is 17.2 Å². The van der Waals surface area contributed by atoms with Gasteiger partial charge in [-0.25, -0.2) is 4.98 Å². The van der Waals surface area contributed by atoms with Gasteiger partial charge in [0.15, 0.2) is 0 Å². The topological polar surface area (TPSA) is 24.9 Å². The molecule has 0 aliphatic rings. The van der Waals surface area contributed by atoms with Crippen LogP contribution in [0.4, 0.5) is 19.0 Å². The third kappa shape index (κ3) is 3.30. The molecule has 0 bridgehead atoms. The molecule has 0 aliphatic heterocycles. The molecule has 2 aromatic rings. The van der Waals surface area contributed by atoms with Crippen molar-refractivity contribution in [2.45, 2.75) is 33.0 Å². The zero-order valence-electron chi connectivity index (χ0n) is 11.4. The first-order chi connectivity index (χ1) is 9.27. The van der Waals surface area contributed by atoms with Crippen molar-refractivity contribution in [3.05, 3.63) is 45.3 Å². The lowest BCUT2D eigenvalue weighted by Gasteiger charge is -2.15. The van der Waals surface area contributed by atoms with Crippen LogP contribution in [-0.2, 0) is 6.18 Å². The van der Waals surface area contributed by atoms with E-state index in [-0.39, 0.29) is 11.9 Å². The highest BCUT2D eigenvalue weighted by molar-refractivity contribution is 7.12. The fourth-order valence-corrected chi connectivity index (χ4v) is 3.08. The van der Waals surface area contributed by atoms with Crippen LogP contribution in [0.1, 0.15) is 34.0 Å². The molecule has 1 atom stereocenters. The Hall–Kier alpha value is -1.56. The first kappa shape index (κ1) is 14.8. The number of aromatic nitrogens is 1. The lowest BCUT2D eigenvalue weighted by molar-refractivity contribution is -0.141. The second kappa shape index (κ2) is 5.44. The van der Waals surface area contributed by atoms with Crippen molar-refractivity contribution in [1.82, 2.24) is 4.98 Å². The van der Waals surface area contributed by atoms with Crippen LogP contribution in [0.15, 0.2) is 24.3 Å². The van der Waals surface area contributed by atoms with Crippen molar-refractivity contribution in [3.8, 4) is 0 Å². The van der Waals surface area contributed by atoms with Crippen LogP contribution in [0.2, 0.25) is 0 Å². The van der Waals surface area contributed by atoms with E-state index in [1.54, 1.807) is 17.4 Å². The van der Waals surface area contributed by atoms with Crippen molar-refractivity contribution in [2.24, 2.45) is 0 Å². The lowest BCUT2D eigenvalue weighted by Crippen LogP contribution is -2.12. The van der Waals surface area contributed by atoms with E-state index in [9.17, 15) is 13.2 Å². The fraction of sp³-hybridized carbons (Fsp3) is 0.357. The standard InChI is InChI=1S/C14H15F3N2S/c1-8-7-11(10(3)20-8)9(2)18-13-6-4-5-12(19-13)14(15,16)17/h4-7,9H,1-3H3,(H,18,19). The minimum Gasteiger partial charge on any atom is -0.363 e. The quantitative estimate of drug-likeness (QED) is 0.867. The molecule has 0 saturated heterocycles. The number of hydrogen-bond acceptors (Lipinski definition) is 3. The molecule has 20 heavy (non-hydrogen) atoms. The third-order valence-electron chi connectivity index (χ3n) is 2.95. The minimum absolute atomic E-state index is 0.0871. The monoisotopic (exact) mass is 300 g/mol. The van der Waals surface area contributed by atoms with Gasteiger partial charge in [0.25, 0.3) is 0 Å². The summed E-state index contributed by atoms with van der Waals surface area (Å²) < 4.78 is 37.8. The van der Waals surface area contributed by atoms with Crippen LogP contribution < -0.4 is 5.32 Å². The molecule has 2 heterocycles. The van der Waals surface area contributed by atoms with Crippen LogP contribution in [0, 0.1) is 13.8 Å². The summed E-state index contributed by atoms with van der Waals surface area (Å²) in [6.45, 7) is 5.93. The summed E-state index contributed by atoms with van der Waals surface area (Å²) in [4.78, 5) is 5.96. The van der Waals surface area contributed by atoms with Crippen LogP contribution >= 0.6 is 11.3 Å². The predicted molar refractivity (Wildman–Crippen MR) is 75.1 cm³/mol. The zero-order chi connectivity index (χ0) is 14.9. The summed E-state index contributed by atoms with van der Waals surface area (Å²) in [5.41, 5.74) is 0.208. The number of alkyl halides is 3. The number of nitrogens with one attached hydrogen (secondary N) is 1. The molecule has 2 aromatic heterocycles. The smallest absolute Gasteiger partial charge is 0.363 e. The minimum atomic E-state index is -4.42. The van der Waals surface area contributed by atoms with E-state index < -0.39 is 11.9 Å². The Morgan fingerprint density at radius 3 is 2.50 bits per heavy atom. The Bertz CT molecular complexity index is 605. The molecule has 0 amide bonds. The van der Waals surface area contributed by atoms with Crippen LogP contribution in [0.25, 0.3) is 0 Å². The van der Waals surface area contributed by atoms with Crippen LogP contribution in [-0.4, -0.2) is 4.98 Å². The second-order valence-corrected chi connectivity index (χ2v) is 6.10. The average Bonchev–Trinajstić information content (AvgIpc) is 2.68. The summed E-state index contributed by atoms with van der Waals surface area (Å²) in [6, 6.07) is 5.83. The van der Waals surface area contributed by atoms with Crippen molar-refractivity contribution in [2.75, 3.05) is 5.32 Å². The summed E-state index contributed by atoms with van der Waals surface area (Å²) in [5, 5.41) is 3.02.